The number of para-hydroxylation sites is 2. The van der Waals surface area contributed by atoms with Gasteiger partial charge in [0.15, 0.2) is 16.9 Å². The van der Waals surface area contributed by atoms with Crippen LogP contribution in [-0.4, -0.2) is 31.6 Å². The van der Waals surface area contributed by atoms with Crippen LogP contribution in [0.15, 0.2) is 64.4 Å². The fourth-order valence-corrected chi connectivity index (χ4v) is 3.62. The van der Waals surface area contributed by atoms with E-state index >= 15 is 0 Å². The van der Waals surface area contributed by atoms with Crippen molar-refractivity contribution in [3.8, 4) is 11.4 Å². The van der Waals surface area contributed by atoms with Crippen LogP contribution >= 0.6 is 11.6 Å². The zero-order valence-corrected chi connectivity index (χ0v) is 17.7. The van der Waals surface area contributed by atoms with Crippen molar-refractivity contribution in [2.45, 2.75) is 20.0 Å². The molecule has 0 saturated heterocycles. The Kier molecular flexibility index (Phi) is 5.48. The number of hydrogen-bond donors (Lipinski definition) is 0. The molecule has 0 atom stereocenters. The number of benzene rings is 2. The Hall–Kier alpha value is -3.65. The summed E-state index contributed by atoms with van der Waals surface area (Å²) < 4.78 is 9.31. The topological polar surface area (TPSA) is 88.1 Å². The molecule has 9 heteroatoms. The largest absolute Gasteiger partial charge is 0.495 e. The van der Waals surface area contributed by atoms with Gasteiger partial charge in [0.25, 0.3) is 5.56 Å². The first-order valence-electron chi connectivity index (χ1n) is 9.59. The van der Waals surface area contributed by atoms with Crippen LogP contribution in [0.4, 0.5) is 0 Å². The van der Waals surface area contributed by atoms with Crippen molar-refractivity contribution in [1.82, 2.24) is 18.7 Å². The van der Waals surface area contributed by atoms with E-state index in [1.54, 1.807) is 55.5 Å². The summed E-state index contributed by atoms with van der Waals surface area (Å²) in [4.78, 5) is 43.3. The Morgan fingerprint density at radius 2 is 1.81 bits per heavy atom. The summed E-state index contributed by atoms with van der Waals surface area (Å²) in [5, 5.41) is 0.524. The van der Waals surface area contributed by atoms with Gasteiger partial charge in [-0.3, -0.25) is 14.2 Å². The number of carbonyl (C=O) groups excluding carboxylic acids is 1. The number of carbonyl (C=O) groups is 1. The summed E-state index contributed by atoms with van der Waals surface area (Å²) in [7, 11) is 1.50. The second-order valence-corrected chi connectivity index (χ2v) is 7.25. The highest BCUT2D eigenvalue weighted by Gasteiger charge is 2.21. The van der Waals surface area contributed by atoms with E-state index in [1.165, 1.54) is 22.6 Å². The molecule has 0 radical (unpaired) electrons. The van der Waals surface area contributed by atoms with Gasteiger partial charge >= 0.3 is 5.69 Å². The zero-order chi connectivity index (χ0) is 22.1. The van der Waals surface area contributed by atoms with E-state index in [0.29, 0.717) is 22.0 Å². The summed E-state index contributed by atoms with van der Waals surface area (Å²) in [5.74, 6) is 0.243. The van der Waals surface area contributed by atoms with Crippen molar-refractivity contribution in [3.63, 3.8) is 0 Å². The van der Waals surface area contributed by atoms with Crippen LogP contribution in [0.5, 0.6) is 5.75 Å². The van der Waals surface area contributed by atoms with E-state index < -0.39 is 11.2 Å². The zero-order valence-electron chi connectivity index (χ0n) is 16.9. The number of imidazole rings is 1. The third-order valence-electron chi connectivity index (χ3n) is 5.02. The van der Waals surface area contributed by atoms with Gasteiger partial charge in [-0.25, -0.2) is 14.3 Å². The van der Waals surface area contributed by atoms with Gasteiger partial charge < -0.3 is 9.30 Å². The second kappa shape index (κ2) is 8.23. The Bertz CT molecular complexity index is 1400. The van der Waals surface area contributed by atoms with Crippen LogP contribution in [0.2, 0.25) is 5.02 Å². The average molecular weight is 439 g/mol. The lowest BCUT2D eigenvalue weighted by Crippen LogP contribution is -2.39. The van der Waals surface area contributed by atoms with E-state index in [-0.39, 0.29) is 30.0 Å². The van der Waals surface area contributed by atoms with Crippen LogP contribution in [0.3, 0.4) is 0 Å². The molecule has 0 bridgehead atoms. The standard InChI is InChI=1S/C22H19ClN4O4/c1-3-26-21(29)19-20(27(22(26)30)16-6-4-5-7-18(16)31-2)24-13-25(19)12-17(28)14-8-10-15(23)11-9-14/h4-11,13H,3,12H2,1-2H3. The van der Waals surface area contributed by atoms with Crippen molar-refractivity contribution in [1.29, 1.82) is 0 Å². The van der Waals surface area contributed by atoms with Gasteiger partial charge in [-0.15, -0.1) is 0 Å². The summed E-state index contributed by atoms with van der Waals surface area (Å²) >= 11 is 5.89. The maximum Gasteiger partial charge on any atom is 0.337 e. The number of rotatable bonds is 6. The first-order chi connectivity index (χ1) is 15.0. The van der Waals surface area contributed by atoms with Crippen molar-refractivity contribution < 1.29 is 9.53 Å². The highest BCUT2D eigenvalue weighted by molar-refractivity contribution is 6.30. The Morgan fingerprint density at radius 3 is 2.48 bits per heavy atom. The molecule has 31 heavy (non-hydrogen) atoms. The highest BCUT2D eigenvalue weighted by Crippen LogP contribution is 2.23. The number of fused-ring (bicyclic) bond motifs is 1. The fraction of sp³-hybridized carbons (Fsp3) is 0.182. The number of halogens is 1. The normalized spacial score (nSPS) is 11.1. The number of aromatic nitrogens is 4. The van der Waals surface area contributed by atoms with Gasteiger partial charge in [0.2, 0.25) is 0 Å². The third-order valence-corrected chi connectivity index (χ3v) is 5.27. The van der Waals surface area contributed by atoms with Gasteiger partial charge in [-0.2, -0.15) is 0 Å². The maximum absolute atomic E-state index is 13.1. The lowest BCUT2D eigenvalue weighted by Gasteiger charge is -2.14. The number of ether oxygens (including phenoxy) is 1. The molecule has 0 N–H and O–H groups in total. The molecule has 158 valence electrons. The van der Waals surface area contributed by atoms with Gasteiger partial charge in [0.1, 0.15) is 5.75 Å². The molecule has 2 aromatic heterocycles. The number of nitrogens with zero attached hydrogens (tertiary/aromatic N) is 4. The molecule has 0 amide bonds. The smallest absolute Gasteiger partial charge is 0.337 e. The lowest BCUT2D eigenvalue weighted by molar-refractivity contribution is 0.0973. The van der Waals surface area contributed by atoms with Gasteiger partial charge in [-0.05, 0) is 43.3 Å². The molecule has 2 aromatic carbocycles. The minimum absolute atomic E-state index is 0.110. The van der Waals surface area contributed by atoms with Crippen LogP contribution in [-0.2, 0) is 13.1 Å². The van der Waals surface area contributed by atoms with Gasteiger partial charge in [-0.1, -0.05) is 23.7 Å². The maximum atomic E-state index is 13.1. The van der Waals surface area contributed by atoms with Crippen molar-refractivity contribution in [2.75, 3.05) is 7.11 Å². The third kappa shape index (κ3) is 3.55. The summed E-state index contributed by atoms with van der Waals surface area (Å²) in [5.41, 5.74) is 0.202. The molecule has 0 aliphatic carbocycles. The molecule has 4 rings (SSSR count). The van der Waals surface area contributed by atoms with E-state index in [1.807, 2.05) is 0 Å². The fourth-order valence-electron chi connectivity index (χ4n) is 3.49. The number of Topliss-reactive ketones (excluding diaryl/α,β-unsaturated/α-hetero) is 1. The highest BCUT2D eigenvalue weighted by atomic mass is 35.5. The van der Waals surface area contributed by atoms with E-state index in [0.717, 1.165) is 4.57 Å². The molecule has 0 aliphatic rings. The summed E-state index contributed by atoms with van der Waals surface area (Å²) in [6, 6.07) is 13.5. The van der Waals surface area contributed by atoms with E-state index in [2.05, 4.69) is 4.98 Å². The summed E-state index contributed by atoms with van der Waals surface area (Å²) in [6.07, 6.45) is 1.39. The van der Waals surface area contributed by atoms with Gasteiger partial charge in [0, 0.05) is 17.1 Å². The number of methoxy groups -OCH3 is 1. The van der Waals surface area contributed by atoms with Crippen molar-refractivity contribution >= 4 is 28.5 Å². The minimum Gasteiger partial charge on any atom is -0.495 e. The monoisotopic (exact) mass is 438 g/mol. The molecule has 4 aromatic rings. The molecule has 0 unspecified atom stereocenters. The van der Waals surface area contributed by atoms with Crippen molar-refractivity contribution in [3.05, 3.63) is 86.3 Å². The SMILES string of the molecule is CCn1c(=O)c2c(ncn2CC(=O)c2ccc(Cl)cc2)n(-c2ccccc2OC)c1=O. The van der Waals surface area contributed by atoms with Crippen LogP contribution in [0, 0.1) is 0 Å². The van der Waals surface area contributed by atoms with Crippen LogP contribution in [0.25, 0.3) is 16.9 Å². The number of ketones is 1. The molecule has 2 heterocycles. The van der Waals surface area contributed by atoms with Crippen molar-refractivity contribution in [2.24, 2.45) is 0 Å². The Labute approximate surface area is 181 Å². The Balaban J connectivity index is 1.93. The molecule has 0 saturated carbocycles. The lowest BCUT2D eigenvalue weighted by atomic mass is 10.1. The molecular weight excluding hydrogens is 420 g/mol. The molecule has 0 fully saturated rings. The minimum atomic E-state index is -0.529. The molecular formula is C22H19ClN4O4. The van der Waals surface area contributed by atoms with Crippen LogP contribution < -0.4 is 16.0 Å². The molecule has 8 nitrogen and oxygen atoms in total. The second-order valence-electron chi connectivity index (χ2n) is 6.81. The average Bonchev–Trinajstić information content (AvgIpc) is 3.18. The van der Waals surface area contributed by atoms with E-state index in [9.17, 15) is 14.4 Å². The predicted molar refractivity (Wildman–Crippen MR) is 118 cm³/mol. The summed E-state index contributed by atoms with van der Waals surface area (Å²) in [6.45, 7) is 1.76. The predicted octanol–water partition coefficient (Wildman–Crippen LogP) is 2.91. The quantitative estimate of drug-likeness (QED) is 0.432. The van der Waals surface area contributed by atoms with Gasteiger partial charge in [0.05, 0.1) is 25.7 Å². The molecule has 0 aliphatic heterocycles. The Morgan fingerprint density at radius 1 is 1.10 bits per heavy atom. The molecule has 0 spiro atoms. The van der Waals surface area contributed by atoms with E-state index in [4.69, 9.17) is 16.3 Å². The first kappa shape index (κ1) is 20.6. The number of hydrogen-bond acceptors (Lipinski definition) is 5. The first-order valence-corrected chi connectivity index (χ1v) is 9.97. The van der Waals surface area contributed by atoms with Crippen LogP contribution in [0.1, 0.15) is 17.3 Å².